The molecule has 0 fully saturated rings. The van der Waals surface area contributed by atoms with Crippen LogP contribution in [0.25, 0.3) is 0 Å². The third kappa shape index (κ3) is 4.71. The van der Waals surface area contributed by atoms with E-state index in [1.165, 1.54) is 11.3 Å². The van der Waals surface area contributed by atoms with Crippen molar-refractivity contribution in [1.82, 2.24) is 9.78 Å². The maximum absolute atomic E-state index is 4.10. The van der Waals surface area contributed by atoms with E-state index >= 15 is 0 Å². The molecule has 0 bridgehead atoms. The van der Waals surface area contributed by atoms with E-state index in [9.17, 15) is 0 Å². The van der Waals surface area contributed by atoms with Crippen LogP contribution < -0.4 is 0 Å². The number of rotatable bonds is 1. The Bertz CT molecular complexity index is 182. The Morgan fingerprint density at radius 3 is 1.85 bits per heavy atom. The van der Waals surface area contributed by atoms with Crippen molar-refractivity contribution in [3.63, 3.8) is 0 Å². The number of nitrogens with zero attached hydrogens (tertiary/aromatic N) is 2. The molecule has 13 heavy (non-hydrogen) atoms. The molecular formula is C11H24N2. The van der Waals surface area contributed by atoms with Crippen LogP contribution in [0.15, 0.2) is 6.20 Å². The predicted molar refractivity (Wildman–Crippen MR) is 60.0 cm³/mol. The van der Waals surface area contributed by atoms with Gasteiger partial charge in [0.15, 0.2) is 0 Å². The lowest BCUT2D eigenvalue weighted by Crippen LogP contribution is -1.96. The average Bonchev–Trinajstić information content (AvgIpc) is 2.52. The van der Waals surface area contributed by atoms with Gasteiger partial charge in [0, 0.05) is 12.7 Å². The molecule has 0 aliphatic heterocycles. The zero-order valence-corrected chi connectivity index (χ0v) is 10.2. The summed E-state index contributed by atoms with van der Waals surface area (Å²) < 4.78 is 1.93. The molecule has 78 valence electrons. The van der Waals surface area contributed by atoms with Crippen molar-refractivity contribution in [2.24, 2.45) is 7.05 Å². The van der Waals surface area contributed by atoms with Gasteiger partial charge in [-0.15, -0.1) is 0 Å². The Balaban J connectivity index is 0. The largest absolute Gasteiger partial charge is 0.272 e. The molecule has 0 spiro atoms. The minimum Gasteiger partial charge on any atom is -0.272 e. The van der Waals surface area contributed by atoms with Gasteiger partial charge in [-0.25, -0.2) is 0 Å². The van der Waals surface area contributed by atoms with Gasteiger partial charge in [-0.05, 0) is 18.9 Å². The normalized spacial score (nSPS) is 7.92. The molecule has 2 heteroatoms. The van der Waals surface area contributed by atoms with Crippen molar-refractivity contribution in [1.29, 1.82) is 0 Å². The van der Waals surface area contributed by atoms with Crippen molar-refractivity contribution in [3.8, 4) is 0 Å². The lowest BCUT2D eigenvalue weighted by molar-refractivity contribution is 0.716. The second-order valence-electron chi connectivity index (χ2n) is 2.25. The van der Waals surface area contributed by atoms with Crippen molar-refractivity contribution in [3.05, 3.63) is 17.5 Å². The molecule has 1 aromatic rings. The summed E-state index contributed by atoms with van der Waals surface area (Å²) in [5.74, 6) is 0. The maximum Gasteiger partial charge on any atom is 0.0521 e. The first-order valence-corrected chi connectivity index (χ1v) is 5.23. The van der Waals surface area contributed by atoms with Gasteiger partial charge in [0.1, 0.15) is 0 Å². The van der Waals surface area contributed by atoms with Crippen LogP contribution in [0.5, 0.6) is 0 Å². The van der Waals surface area contributed by atoms with Gasteiger partial charge in [0.05, 0.1) is 6.20 Å². The molecule has 0 atom stereocenters. The smallest absolute Gasteiger partial charge is 0.0521 e. The van der Waals surface area contributed by atoms with Crippen LogP contribution in [0, 0.1) is 6.92 Å². The first kappa shape index (κ1) is 14.7. The van der Waals surface area contributed by atoms with Crippen LogP contribution in [0.3, 0.4) is 0 Å². The summed E-state index contributed by atoms with van der Waals surface area (Å²) in [6.07, 6.45) is 2.97. The molecule has 0 amide bonds. The molecule has 0 N–H and O–H groups in total. The molecule has 0 aromatic carbocycles. The summed E-state index contributed by atoms with van der Waals surface area (Å²) in [4.78, 5) is 0. The second-order valence-corrected chi connectivity index (χ2v) is 2.25. The molecule has 0 aliphatic carbocycles. The topological polar surface area (TPSA) is 17.8 Å². The number of aromatic nitrogens is 2. The quantitative estimate of drug-likeness (QED) is 0.654. The van der Waals surface area contributed by atoms with Gasteiger partial charge < -0.3 is 0 Å². The molecule has 1 rings (SSSR count). The van der Waals surface area contributed by atoms with Crippen LogP contribution in [-0.4, -0.2) is 9.78 Å². The summed E-state index contributed by atoms with van der Waals surface area (Å²) in [7, 11) is 1.98. The molecule has 0 saturated heterocycles. The van der Waals surface area contributed by atoms with E-state index < -0.39 is 0 Å². The van der Waals surface area contributed by atoms with Crippen molar-refractivity contribution in [2.75, 3.05) is 0 Å². The zero-order chi connectivity index (χ0) is 10.9. The van der Waals surface area contributed by atoms with E-state index in [-0.39, 0.29) is 0 Å². The Morgan fingerprint density at radius 1 is 1.23 bits per heavy atom. The van der Waals surface area contributed by atoms with Gasteiger partial charge >= 0.3 is 0 Å². The van der Waals surface area contributed by atoms with Crippen molar-refractivity contribution >= 4 is 0 Å². The number of hydrogen-bond acceptors (Lipinski definition) is 1. The summed E-state index contributed by atoms with van der Waals surface area (Å²) in [5, 5.41) is 4.10. The third-order valence-corrected chi connectivity index (χ3v) is 1.61. The fourth-order valence-corrected chi connectivity index (χ4v) is 1.08. The van der Waals surface area contributed by atoms with E-state index in [1.54, 1.807) is 0 Å². The lowest BCUT2D eigenvalue weighted by atomic mass is 10.2. The van der Waals surface area contributed by atoms with Gasteiger partial charge in [-0.2, -0.15) is 5.10 Å². The molecular weight excluding hydrogens is 160 g/mol. The maximum atomic E-state index is 4.10. The van der Waals surface area contributed by atoms with Crippen molar-refractivity contribution < 1.29 is 0 Å². The first-order chi connectivity index (χ1) is 6.25. The second kappa shape index (κ2) is 9.30. The highest BCUT2D eigenvalue weighted by Crippen LogP contribution is 2.04. The summed E-state index contributed by atoms with van der Waals surface area (Å²) in [6.45, 7) is 12.2. The standard InChI is InChI=1S/C7H12N2.2C2H6/c1-4-7-6(2)5-8-9(7)3;2*1-2/h5H,4H2,1-3H3;2*1-2H3. The van der Waals surface area contributed by atoms with Crippen molar-refractivity contribution in [2.45, 2.75) is 48.0 Å². The fraction of sp³-hybridized carbons (Fsp3) is 0.727. The number of hydrogen-bond donors (Lipinski definition) is 0. The molecule has 1 heterocycles. The monoisotopic (exact) mass is 184 g/mol. The van der Waals surface area contributed by atoms with Gasteiger partial charge in [0.25, 0.3) is 0 Å². The molecule has 2 nitrogen and oxygen atoms in total. The van der Waals surface area contributed by atoms with Crippen LogP contribution in [-0.2, 0) is 13.5 Å². The van der Waals surface area contributed by atoms with E-state index in [4.69, 9.17) is 0 Å². The van der Waals surface area contributed by atoms with Crippen LogP contribution in [0.4, 0.5) is 0 Å². The molecule has 1 aromatic heterocycles. The predicted octanol–water partition coefficient (Wildman–Crippen LogP) is 3.34. The highest BCUT2D eigenvalue weighted by molar-refractivity contribution is 5.14. The average molecular weight is 184 g/mol. The van der Waals surface area contributed by atoms with Gasteiger partial charge in [0.2, 0.25) is 0 Å². The highest BCUT2D eigenvalue weighted by Gasteiger charge is 1.98. The Labute approximate surface area is 83.0 Å². The molecule has 0 unspecified atom stereocenters. The third-order valence-electron chi connectivity index (χ3n) is 1.61. The SMILES string of the molecule is CC.CC.CCc1c(C)cnn1C. The minimum atomic E-state index is 1.07. The van der Waals surface area contributed by atoms with E-state index in [0.717, 1.165) is 6.42 Å². The van der Waals surface area contributed by atoms with E-state index in [2.05, 4.69) is 18.9 Å². The Hall–Kier alpha value is -0.790. The molecule has 0 saturated carbocycles. The summed E-state index contributed by atoms with van der Waals surface area (Å²) >= 11 is 0. The first-order valence-electron chi connectivity index (χ1n) is 5.23. The summed E-state index contributed by atoms with van der Waals surface area (Å²) in [6, 6.07) is 0. The zero-order valence-electron chi connectivity index (χ0n) is 10.2. The number of aryl methyl sites for hydroxylation is 2. The summed E-state index contributed by atoms with van der Waals surface area (Å²) in [5.41, 5.74) is 2.62. The van der Waals surface area contributed by atoms with Crippen LogP contribution in [0.1, 0.15) is 45.9 Å². The van der Waals surface area contributed by atoms with Gasteiger partial charge in [-0.1, -0.05) is 34.6 Å². The van der Waals surface area contributed by atoms with Gasteiger partial charge in [-0.3, -0.25) is 4.68 Å². The van der Waals surface area contributed by atoms with Crippen LogP contribution >= 0.6 is 0 Å². The molecule has 0 aliphatic rings. The Morgan fingerprint density at radius 2 is 1.69 bits per heavy atom. The Kier molecular flexibility index (Phi) is 10.5. The molecule has 0 radical (unpaired) electrons. The lowest BCUT2D eigenvalue weighted by Gasteiger charge is -1.96. The highest BCUT2D eigenvalue weighted by atomic mass is 15.3. The van der Waals surface area contributed by atoms with Crippen LogP contribution in [0.2, 0.25) is 0 Å². The van der Waals surface area contributed by atoms with E-state index in [1.807, 2.05) is 45.6 Å². The minimum absolute atomic E-state index is 1.07. The van der Waals surface area contributed by atoms with E-state index in [0.29, 0.717) is 0 Å². The fourth-order valence-electron chi connectivity index (χ4n) is 1.08.